The number of amides is 1. The van der Waals surface area contributed by atoms with Gasteiger partial charge < -0.3 is 9.84 Å². The minimum atomic E-state index is -0.458. The maximum Gasteiger partial charge on any atom is 0.270 e. The van der Waals surface area contributed by atoms with Crippen molar-refractivity contribution in [1.82, 2.24) is 24.8 Å². The van der Waals surface area contributed by atoms with Crippen LogP contribution in [0.25, 0.3) is 5.65 Å². The molecule has 0 spiro atoms. The molecule has 0 aliphatic heterocycles. The standard InChI is InChI=1S/C18H19N5O3/c24-16(13-11-20-15-7-3-4-10-23(15)18(13)25)19-9-8-14-21-17(26-22-14)12-5-1-2-6-12/h3-4,7,10-12H,1-2,5-6,8-9H2,(H,19,24). The van der Waals surface area contributed by atoms with Crippen molar-refractivity contribution in [1.29, 1.82) is 0 Å². The van der Waals surface area contributed by atoms with Gasteiger partial charge in [-0.3, -0.25) is 14.0 Å². The number of fused-ring (bicyclic) bond motifs is 1. The highest BCUT2D eigenvalue weighted by Crippen LogP contribution is 2.32. The van der Waals surface area contributed by atoms with Gasteiger partial charge in [-0.2, -0.15) is 4.98 Å². The van der Waals surface area contributed by atoms with Crippen LogP contribution in [-0.2, 0) is 6.42 Å². The normalized spacial score (nSPS) is 14.8. The Balaban J connectivity index is 1.38. The highest BCUT2D eigenvalue weighted by atomic mass is 16.5. The molecule has 26 heavy (non-hydrogen) atoms. The fourth-order valence-electron chi connectivity index (χ4n) is 3.27. The topological polar surface area (TPSA) is 102 Å². The monoisotopic (exact) mass is 353 g/mol. The van der Waals surface area contributed by atoms with Crippen molar-refractivity contribution in [2.24, 2.45) is 0 Å². The van der Waals surface area contributed by atoms with E-state index in [1.807, 2.05) is 0 Å². The van der Waals surface area contributed by atoms with Crippen LogP contribution in [-0.4, -0.2) is 32.0 Å². The molecule has 0 atom stereocenters. The molecule has 3 aromatic rings. The minimum absolute atomic E-state index is 0.00783. The molecule has 3 heterocycles. The lowest BCUT2D eigenvalue weighted by atomic mass is 10.1. The van der Waals surface area contributed by atoms with E-state index in [2.05, 4.69) is 20.4 Å². The smallest absolute Gasteiger partial charge is 0.270 e. The number of carbonyl (C=O) groups excluding carboxylic acids is 1. The Labute approximate surface area is 149 Å². The first-order valence-electron chi connectivity index (χ1n) is 8.79. The lowest BCUT2D eigenvalue weighted by molar-refractivity contribution is 0.0952. The third-order valence-corrected chi connectivity index (χ3v) is 4.68. The molecular formula is C18H19N5O3. The van der Waals surface area contributed by atoms with Crippen molar-refractivity contribution in [3.63, 3.8) is 0 Å². The SMILES string of the molecule is O=C(NCCc1noc(C2CCCC2)n1)c1cnc2ccccn2c1=O. The van der Waals surface area contributed by atoms with Crippen LogP contribution < -0.4 is 10.9 Å². The number of pyridine rings is 1. The zero-order valence-electron chi connectivity index (χ0n) is 14.2. The number of aromatic nitrogens is 4. The first-order valence-corrected chi connectivity index (χ1v) is 8.79. The van der Waals surface area contributed by atoms with Gasteiger partial charge in [0.15, 0.2) is 5.82 Å². The molecule has 1 fully saturated rings. The summed E-state index contributed by atoms with van der Waals surface area (Å²) in [6, 6.07) is 5.21. The van der Waals surface area contributed by atoms with Crippen LogP contribution in [0.4, 0.5) is 0 Å². The molecule has 3 aromatic heterocycles. The van der Waals surface area contributed by atoms with Gasteiger partial charge in [0.2, 0.25) is 5.89 Å². The number of hydrogen-bond acceptors (Lipinski definition) is 6. The van der Waals surface area contributed by atoms with Crippen LogP contribution in [0.3, 0.4) is 0 Å². The number of carbonyl (C=O) groups is 1. The predicted octanol–water partition coefficient (Wildman–Crippen LogP) is 1.71. The van der Waals surface area contributed by atoms with Gasteiger partial charge >= 0.3 is 0 Å². The fraction of sp³-hybridized carbons (Fsp3) is 0.389. The molecule has 4 rings (SSSR count). The van der Waals surface area contributed by atoms with Gasteiger partial charge in [0.05, 0.1) is 0 Å². The molecule has 1 aliphatic carbocycles. The Bertz CT molecular complexity index is 988. The van der Waals surface area contributed by atoms with Gasteiger partial charge in [-0.15, -0.1) is 0 Å². The van der Waals surface area contributed by atoms with Crippen molar-refractivity contribution in [3.05, 3.63) is 58.2 Å². The summed E-state index contributed by atoms with van der Waals surface area (Å²) in [5, 5.41) is 6.69. The van der Waals surface area contributed by atoms with E-state index in [0.717, 1.165) is 12.8 Å². The quantitative estimate of drug-likeness (QED) is 0.749. The van der Waals surface area contributed by atoms with Crippen LogP contribution in [0.1, 0.15) is 53.7 Å². The van der Waals surface area contributed by atoms with Crippen LogP contribution >= 0.6 is 0 Å². The average Bonchev–Trinajstić information content (AvgIpc) is 3.34. The van der Waals surface area contributed by atoms with Crippen molar-refractivity contribution in [2.75, 3.05) is 6.54 Å². The Morgan fingerprint density at radius 1 is 1.31 bits per heavy atom. The summed E-state index contributed by atoms with van der Waals surface area (Å²) in [6.07, 6.45) is 7.94. The van der Waals surface area contributed by atoms with E-state index in [9.17, 15) is 9.59 Å². The number of nitrogens with one attached hydrogen (secondary N) is 1. The Morgan fingerprint density at radius 3 is 3.00 bits per heavy atom. The van der Waals surface area contributed by atoms with Crippen molar-refractivity contribution in [3.8, 4) is 0 Å². The van der Waals surface area contributed by atoms with E-state index in [1.165, 1.54) is 23.4 Å². The average molecular weight is 353 g/mol. The lowest BCUT2D eigenvalue weighted by Gasteiger charge is -2.05. The minimum Gasteiger partial charge on any atom is -0.351 e. The second-order valence-corrected chi connectivity index (χ2v) is 6.44. The summed E-state index contributed by atoms with van der Waals surface area (Å²) in [5.41, 5.74) is 0.116. The van der Waals surface area contributed by atoms with E-state index >= 15 is 0 Å². The largest absolute Gasteiger partial charge is 0.351 e. The van der Waals surface area contributed by atoms with E-state index in [1.54, 1.807) is 24.4 Å². The predicted molar refractivity (Wildman–Crippen MR) is 93.0 cm³/mol. The number of nitrogens with zero attached hydrogens (tertiary/aromatic N) is 4. The molecule has 1 saturated carbocycles. The summed E-state index contributed by atoms with van der Waals surface area (Å²) in [5.74, 6) is 1.18. The van der Waals surface area contributed by atoms with Gasteiger partial charge in [-0.25, -0.2) is 4.98 Å². The summed E-state index contributed by atoms with van der Waals surface area (Å²) < 4.78 is 6.67. The lowest BCUT2D eigenvalue weighted by Crippen LogP contribution is -2.32. The maximum absolute atomic E-state index is 12.4. The van der Waals surface area contributed by atoms with Gasteiger partial charge in [0.25, 0.3) is 11.5 Å². The van der Waals surface area contributed by atoms with Crippen LogP contribution in [0, 0.1) is 0 Å². The molecule has 1 N–H and O–H groups in total. The molecule has 0 radical (unpaired) electrons. The van der Waals surface area contributed by atoms with Crippen LogP contribution in [0.2, 0.25) is 0 Å². The van der Waals surface area contributed by atoms with E-state index in [0.29, 0.717) is 36.2 Å². The molecule has 134 valence electrons. The molecule has 0 saturated heterocycles. The first-order chi connectivity index (χ1) is 12.7. The summed E-state index contributed by atoms with van der Waals surface area (Å²) in [6.45, 7) is 0.319. The van der Waals surface area contributed by atoms with E-state index < -0.39 is 11.5 Å². The van der Waals surface area contributed by atoms with Crippen LogP contribution in [0.15, 0.2) is 39.9 Å². The van der Waals surface area contributed by atoms with Gasteiger partial charge in [-0.05, 0) is 25.0 Å². The van der Waals surface area contributed by atoms with Crippen LogP contribution in [0.5, 0.6) is 0 Å². The van der Waals surface area contributed by atoms with E-state index in [4.69, 9.17) is 4.52 Å². The highest BCUT2D eigenvalue weighted by Gasteiger charge is 2.23. The van der Waals surface area contributed by atoms with Crippen molar-refractivity contribution >= 4 is 11.6 Å². The zero-order valence-corrected chi connectivity index (χ0v) is 14.2. The Hall–Kier alpha value is -3.03. The van der Waals surface area contributed by atoms with E-state index in [-0.39, 0.29) is 5.56 Å². The third kappa shape index (κ3) is 3.22. The van der Waals surface area contributed by atoms with Gasteiger partial charge in [0.1, 0.15) is 11.2 Å². The Kier molecular flexibility index (Phi) is 4.47. The molecule has 8 heteroatoms. The summed E-state index contributed by atoms with van der Waals surface area (Å²) in [4.78, 5) is 33.2. The number of rotatable bonds is 5. The second kappa shape index (κ2) is 7.07. The molecule has 1 amide bonds. The molecule has 0 aromatic carbocycles. The van der Waals surface area contributed by atoms with Gasteiger partial charge in [-0.1, -0.05) is 24.1 Å². The fourth-order valence-corrected chi connectivity index (χ4v) is 3.27. The third-order valence-electron chi connectivity index (χ3n) is 4.68. The molecular weight excluding hydrogens is 334 g/mol. The number of hydrogen-bond donors (Lipinski definition) is 1. The molecule has 1 aliphatic rings. The maximum atomic E-state index is 12.4. The zero-order chi connectivity index (χ0) is 17.9. The summed E-state index contributed by atoms with van der Waals surface area (Å²) in [7, 11) is 0. The van der Waals surface area contributed by atoms with Crippen molar-refractivity contribution < 1.29 is 9.32 Å². The summed E-state index contributed by atoms with van der Waals surface area (Å²) >= 11 is 0. The Morgan fingerprint density at radius 2 is 2.15 bits per heavy atom. The first kappa shape index (κ1) is 16.4. The second-order valence-electron chi connectivity index (χ2n) is 6.44. The molecule has 0 unspecified atom stereocenters. The highest BCUT2D eigenvalue weighted by molar-refractivity contribution is 5.93. The van der Waals surface area contributed by atoms with Gasteiger partial charge in [0, 0.05) is 31.3 Å². The van der Waals surface area contributed by atoms with Crippen molar-refractivity contribution in [2.45, 2.75) is 38.0 Å². The molecule has 8 nitrogen and oxygen atoms in total. The molecule has 0 bridgehead atoms.